The average Bonchev–Trinajstić information content (AvgIpc) is 2.67. The van der Waals surface area contributed by atoms with E-state index in [-0.39, 0.29) is 4.83 Å². The van der Waals surface area contributed by atoms with E-state index < -0.39 is 0 Å². The van der Waals surface area contributed by atoms with Crippen molar-refractivity contribution in [1.29, 1.82) is 0 Å². The van der Waals surface area contributed by atoms with Gasteiger partial charge >= 0.3 is 0 Å². The van der Waals surface area contributed by atoms with Crippen LogP contribution in [0.2, 0.25) is 4.34 Å². The Morgan fingerprint density at radius 2 is 2.00 bits per heavy atom. The van der Waals surface area contributed by atoms with Gasteiger partial charge in [0.05, 0.1) is 9.16 Å². The Balaban J connectivity index is 2.40. The lowest BCUT2D eigenvalue weighted by Crippen LogP contribution is -1.93. The lowest BCUT2D eigenvalue weighted by atomic mass is 10.1. The fourth-order valence-electron chi connectivity index (χ4n) is 1.50. The molecule has 0 aliphatic rings. The molecule has 0 radical (unpaired) electrons. The minimum absolute atomic E-state index is 0.211. The second kappa shape index (κ2) is 5.21. The first-order chi connectivity index (χ1) is 7.58. The van der Waals surface area contributed by atoms with Gasteiger partial charge in [0.1, 0.15) is 0 Å². The molecule has 1 aromatic heterocycles. The molecule has 0 nitrogen and oxygen atoms in total. The molecule has 0 aliphatic carbocycles. The molecule has 84 valence electrons. The first kappa shape index (κ1) is 12.6. The van der Waals surface area contributed by atoms with Crippen LogP contribution in [0.4, 0.5) is 0 Å². The van der Waals surface area contributed by atoms with Crippen LogP contribution in [0, 0.1) is 6.92 Å². The molecular weight excluding hydrogens is 371 g/mol. The van der Waals surface area contributed by atoms with Crippen molar-refractivity contribution in [2.75, 3.05) is 0 Å². The van der Waals surface area contributed by atoms with Crippen molar-refractivity contribution >= 4 is 54.8 Å². The standard InChI is InChI=1S/C12H9Br2ClS/c1-7-2-3-8(13)6-9(7)12(14)10-4-5-11(15)16-10/h2-6,12H,1H3. The van der Waals surface area contributed by atoms with E-state index in [9.17, 15) is 0 Å². The monoisotopic (exact) mass is 378 g/mol. The maximum absolute atomic E-state index is 5.95. The summed E-state index contributed by atoms with van der Waals surface area (Å²) in [6.45, 7) is 2.12. The molecule has 4 heteroatoms. The topological polar surface area (TPSA) is 0 Å². The highest BCUT2D eigenvalue weighted by Crippen LogP contribution is 2.38. The van der Waals surface area contributed by atoms with Crippen LogP contribution in [0.25, 0.3) is 0 Å². The summed E-state index contributed by atoms with van der Waals surface area (Å²) >= 11 is 14.8. The fraction of sp³-hybridized carbons (Fsp3) is 0.167. The maximum atomic E-state index is 5.95. The summed E-state index contributed by atoms with van der Waals surface area (Å²) in [6, 6.07) is 10.3. The third-order valence-electron chi connectivity index (χ3n) is 2.36. The van der Waals surface area contributed by atoms with Crippen LogP contribution in [0.1, 0.15) is 20.8 Å². The largest absolute Gasteiger partial charge is 0.127 e. The Kier molecular flexibility index (Phi) is 4.11. The molecule has 1 aromatic carbocycles. The van der Waals surface area contributed by atoms with Gasteiger partial charge in [0, 0.05) is 9.35 Å². The van der Waals surface area contributed by atoms with Gasteiger partial charge in [0.2, 0.25) is 0 Å². The van der Waals surface area contributed by atoms with E-state index in [0.717, 1.165) is 8.81 Å². The lowest BCUT2D eigenvalue weighted by molar-refractivity contribution is 1.17. The number of halogens is 3. The average molecular weight is 381 g/mol. The van der Waals surface area contributed by atoms with E-state index in [4.69, 9.17) is 11.6 Å². The smallest absolute Gasteiger partial charge is 0.0931 e. The highest BCUT2D eigenvalue weighted by atomic mass is 79.9. The van der Waals surface area contributed by atoms with Crippen molar-refractivity contribution in [2.45, 2.75) is 11.8 Å². The first-order valence-electron chi connectivity index (χ1n) is 4.73. The highest BCUT2D eigenvalue weighted by Gasteiger charge is 2.15. The van der Waals surface area contributed by atoms with Crippen molar-refractivity contribution in [3.63, 3.8) is 0 Å². The van der Waals surface area contributed by atoms with E-state index >= 15 is 0 Å². The van der Waals surface area contributed by atoms with E-state index in [0.29, 0.717) is 0 Å². The maximum Gasteiger partial charge on any atom is 0.0931 e. The zero-order valence-corrected chi connectivity index (χ0v) is 13.3. The van der Waals surface area contributed by atoms with E-state index in [2.05, 4.69) is 63.0 Å². The molecule has 1 unspecified atom stereocenters. The number of aryl methyl sites for hydroxylation is 1. The molecule has 2 aromatic rings. The first-order valence-corrected chi connectivity index (χ1v) is 7.63. The number of hydrogen-bond acceptors (Lipinski definition) is 1. The molecule has 2 rings (SSSR count). The summed E-state index contributed by atoms with van der Waals surface area (Å²) in [5.41, 5.74) is 2.54. The van der Waals surface area contributed by atoms with Gasteiger partial charge in [-0.05, 0) is 42.3 Å². The normalized spacial score (nSPS) is 12.8. The van der Waals surface area contributed by atoms with Crippen molar-refractivity contribution < 1.29 is 0 Å². The Bertz CT molecular complexity index is 507. The summed E-state index contributed by atoms with van der Waals surface area (Å²) < 4.78 is 1.92. The third kappa shape index (κ3) is 2.70. The molecule has 0 aliphatic heterocycles. The van der Waals surface area contributed by atoms with Crippen LogP contribution in [-0.4, -0.2) is 0 Å². The molecule has 0 fully saturated rings. The number of hydrogen-bond donors (Lipinski definition) is 0. The van der Waals surface area contributed by atoms with Crippen LogP contribution < -0.4 is 0 Å². The van der Waals surface area contributed by atoms with Crippen LogP contribution in [-0.2, 0) is 0 Å². The van der Waals surface area contributed by atoms with Gasteiger partial charge in [-0.15, -0.1) is 11.3 Å². The summed E-state index contributed by atoms with van der Waals surface area (Å²) in [5, 5.41) is 0. The number of thiophene rings is 1. The molecule has 0 bridgehead atoms. The minimum Gasteiger partial charge on any atom is -0.127 e. The number of rotatable bonds is 2. The van der Waals surface area contributed by atoms with Gasteiger partial charge in [-0.2, -0.15) is 0 Å². The van der Waals surface area contributed by atoms with Gasteiger partial charge < -0.3 is 0 Å². The number of benzene rings is 1. The van der Waals surface area contributed by atoms with Gasteiger partial charge in [-0.1, -0.05) is 49.5 Å². The lowest BCUT2D eigenvalue weighted by Gasteiger charge is -2.11. The quantitative estimate of drug-likeness (QED) is 0.564. The van der Waals surface area contributed by atoms with Crippen molar-refractivity contribution in [2.24, 2.45) is 0 Å². The third-order valence-corrected chi connectivity index (χ3v) is 5.44. The second-order valence-corrected chi connectivity index (χ2v) is 7.08. The predicted octanol–water partition coefficient (Wildman–Crippen LogP) is 5.96. The minimum atomic E-state index is 0.211. The van der Waals surface area contributed by atoms with E-state index in [1.165, 1.54) is 16.0 Å². The molecule has 0 saturated carbocycles. The van der Waals surface area contributed by atoms with Crippen LogP contribution in [0.5, 0.6) is 0 Å². The van der Waals surface area contributed by atoms with Crippen molar-refractivity contribution in [3.05, 3.63) is 55.1 Å². The second-order valence-electron chi connectivity index (χ2n) is 3.51. The van der Waals surface area contributed by atoms with E-state index in [1.807, 2.05) is 6.07 Å². The molecule has 0 spiro atoms. The molecule has 0 saturated heterocycles. The predicted molar refractivity (Wildman–Crippen MR) is 79.0 cm³/mol. The molecule has 1 atom stereocenters. The fourth-order valence-corrected chi connectivity index (χ4v) is 3.87. The summed E-state index contributed by atoms with van der Waals surface area (Å²) in [4.78, 5) is 1.44. The molecule has 0 N–H and O–H groups in total. The summed E-state index contributed by atoms with van der Waals surface area (Å²) in [5.74, 6) is 0. The van der Waals surface area contributed by atoms with Gasteiger partial charge in [0.25, 0.3) is 0 Å². The van der Waals surface area contributed by atoms with Crippen LogP contribution in [0.3, 0.4) is 0 Å². The van der Waals surface area contributed by atoms with Crippen LogP contribution >= 0.6 is 54.8 Å². The molecule has 1 heterocycles. The number of alkyl halides is 1. The van der Waals surface area contributed by atoms with Gasteiger partial charge in [0.15, 0.2) is 0 Å². The van der Waals surface area contributed by atoms with Crippen LogP contribution in [0.15, 0.2) is 34.8 Å². The highest BCUT2D eigenvalue weighted by molar-refractivity contribution is 9.10. The van der Waals surface area contributed by atoms with E-state index in [1.54, 1.807) is 11.3 Å². The van der Waals surface area contributed by atoms with Crippen molar-refractivity contribution in [3.8, 4) is 0 Å². The Morgan fingerprint density at radius 3 is 2.62 bits per heavy atom. The molecular formula is C12H9Br2ClS. The molecule has 0 amide bonds. The Hall–Kier alpha value is 0.170. The zero-order valence-electron chi connectivity index (χ0n) is 8.51. The summed E-state index contributed by atoms with van der Waals surface area (Å²) in [6.07, 6.45) is 0. The van der Waals surface area contributed by atoms with Crippen molar-refractivity contribution in [1.82, 2.24) is 0 Å². The summed E-state index contributed by atoms with van der Waals surface area (Å²) in [7, 11) is 0. The SMILES string of the molecule is Cc1ccc(Br)cc1C(Br)c1ccc(Cl)s1. The molecule has 16 heavy (non-hydrogen) atoms. The van der Waals surface area contributed by atoms with Gasteiger partial charge in [-0.3, -0.25) is 0 Å². The van der Waals surface area contributed by atoms with Gasteiger partial charge in [-0.25, -0.2) is 0 Å². The zero-order chi connectivity index (χ0) is 11.7. The Labute approximate surface area is 121 Å². The Morgan fingerprint density at radius 1 is 1.25 bits per heavy atom.